The number of carbonyl (C=O) groups is 4. The van der Waals surface area contributed by atoms with E-state index in [1.807, 2.05) is 33.8 Å². The quantitative estimate of drug-likeness (QED) is 0.211. The van der Waals surface area contributed by atoms with E-state index in [1.165, 1.54) is 13.0 Å². The molecule has 0 aromatic rings. The lowest BCUT2D eigenvalue weighted by atomic mass is 9.42. The number of nitrogens with zero attached hydrogens (tertiary/aromatic N) is 1. The normalized spacial score (nSPS) is 45.0. The Morgan fingerprint density at radius 3 is 2.48 bits per heavy atom. The number of ether oxygens (including phenoxy) is 5. The van der Waals surface area contributed by atoms with Crippen molar-refractivity contribution in [1.29, 1.82) is 0 Å². The average Bonchev–Trinajstić information content (AvgIpc) is 3.71. The molecular formula is C35H45NO10. The molecule has 1 spiro atoms. The van der Waals surface area contributed by atoms with E-state index in [9.17, 15) is 24.3 Å². The van der Waals surface area contributed by atoms with E-state index >= 15 is 0 Å². The van der Waals surface area contributed by atoms with Crippen LogP contribution in [0.25, 0.3) is 0 Å². The van der Waals surface area contributed by atoms with Gasteiger partial charge in [0.1, 0.15) is 23.4 Å². The Kier molecular flexibility index (Phi) is 7.20. The predicted molar refractivity (Wildman–Crippen MR) is 162 cm³/mol. The second-order valence-electron chi connectivity index (χ2n) is 14.9. The molecule has 250 valence electrons. The number of ketones is 1. The minimum atomic E-state index is -1.55. The van der Waals surface area contributed by atoms with E-state index in [-0.39, 0.29) is 23.6 Å². The van der Waals surface area contributed by atoms with Gasteiger partial charge in [-0.2, -0.15) is 0 Å². The second-order valence-corrected chi connectivity index (χ2v) is 14.9. The molecule has 0 aromatic carbocycles. The van der Waals surface area contributed by atoms with E-state index in [1.54, 1.807) is 17.9 Å². The molecule has 7 rings (SSSR count). The van der Waals surface area contributed by atoms with Crippen molar-refractivity contribution >= 4 is 23.8 Å². The Hall–Kier alpha value is -3.02. The summed E-state index contributed by atoms with van der Waals surface area (Å²) in [5.41, 5.74) is -2.01. The van der Waals surface area contributed by atoms with Gasteiger partial charge < -0.3 is 33.7 Å². The Labute approximate surface area is 269 Å². The Morgan fingerprint density at radius 1 is 1.09 bits per heavy atom. The molecule has 7 aliphatic rings. The monoisotopic (exact) mass is 639 g/mol. The van der Waals surface area contributed by atoms with Crippen molar-refractivity contribution in [3.05, 3.63) is 34.9 Å². The van der Waals surface area contributed by atoms with Crippen LogP contribution in [-0.2, 0) is 38.1 Å². The lowest BCUT2D eigenvalue weighted by Gasteiger charge is -2.61. The summed E-state index contributed by atoms with van der Waals surface area (Å²) in [5.74, 6) is -2.03. The highest BCUT2D eigenvalue weighted by molar-refractivity contribution is 5.98. The van der Waals surface area contributed by atoms with E-state index in [2.05, 4.69) is 0 Å². The van der Waals surface area contributed by atoms with Crippen LogP contribution in [0, 0.1) is 28.6 Å². The van der Waals surface area contributed by atoms with Crippen molar-refractivity contribution in [1.82, 2.24) is 4.90 Å². The molecule has 4 aliphatic carbocycles. The molecule has 3 aliphatic heterocycles. The fourth-order valence-electron chi connectivity index (χ4n) is 10.2. The van der Waals surface area contributed by atoms with Crippen LogP contribution in [0.1, 0.15) is 67.2 Å². The van der Waals surface area contributed by atoms with Crippen molar-refractivity contribution in [3.8, 4) is 0 Å². The highest BCUT2D eigenvalue weighted by atomic mass is 16.7. The van der Waals surface area contributed by atoms with Crippen LogP contribution in [0.3, 0.4) is 0 Å². The molecule has 1 N–H and O–H groups in total. The molecular weight excluding hydrogens is 594 g/mol. The number of carbonyl (C=O) groups excluding carboxylic acids is 4. The highest BCUT2D eigenvalue weighted by Crippen LogP contribution is 2.74. The van der Waals surface area contributed by atoms with E-state index in [0.29, 0.717) is 57.6 Å². The van der Waals surface area contributed by atoms with Gasteiger partial charge in [-0.05, 0) is 70.1 Å². The summed E-state index contributed by atoms with van der Waals surface area (Å²) in [6, 6.07) is 0. The van der Waals surface area contributed by atoms with Gasteiger partial charge in [-0.1, -0.05) is 25.0 Å². The van der Waals surface area contributed by atoms with E-state index in [4.69, 9.17) is 23.7 Å². The third kappa shape index (κ3) is 4.06. The third-order valence-corrected chi connectivity index (χ3v) is 13.0. The maximum atomic E-state index is 14.0. The van der Waals surface area contributed by atoms with Crippen molar-refractivity contribution < 1.29 is 48.0 Å². The molecule has 0 unspecified atom stereocenters. The maximum Gasteiger partial charge on any atom is 0.410 e. The van der Waals surface area contributed by atoms with Gasteiger partial charge in [-0.3, -0.25) is 9.59 Å². The molecule has 1 amide bonds. The van der Waals surface area contributed by atoms with Crippen LogP contribution in [0.4, 0.5) is 4.79 Å². The van der Waals surface area contributed by atoms with Crippen molar-refractivity contribution in [2.24, 2.45) is 28.6 Å². The zero-order valence-corrected chi connectivity index (χ0v) is 27.5. The molecule has 46 heavy (non-hydrogen) atoms. The fourth-order valence-corrected chi connectivity index (χ4v) is 10.2. The summed E-state index contributed by atoms with van der Waals surface area (Å²) in [6.45, 7) is 12.7. The number of cyclic esters (lactones) is 1. The largest absolute Gasteiger partial charge is 0.458 e. The number of hydrogen-bond donors (Lipinski definition) is 1. The Balaban J connectivity index is 1.22. The molecule has 0 aromatic heterocycles. The summed E-state index contributed by atoms with van der Waals surface area (Å²) >= 11 is 0. The van der Waals surface area contributed by atoms with Gasteiger partial charge in [-0.15, -0.1) is 0 Å². The second kappa shape index (κ2) is 10.5. The van der Waals surface area contributed by atoms with Gasteiger partial charge in [-0.25, -0.2) is 9.59 Å². The van der Waals surface area contributed by atoms with Crippen LogP contribution in [-0.4, -0.2) is 95.7 Å². The van der Waals surface area contributed by atoms with Gasteiger partial charge in [0, 0.05) is 43.3 Å². The van der Waals surface area contributed by atoms with Crippen LogP contribution in [0.15, 0.2) is 34.9 Å². The standard InChI is InChI=1S/C35H45NO10/c1-18-15-25(44-30(39)19(18)2)20(3)23-16-28(43-21(4)37)34(41)24-17-29-35(46-29)27(45-31(40)36-11-13-42-14-12-36)8-7-26(38)33(35,6)22(24)9-10-32(23,34)5/h7-8,16,20,22,24-25,27-29,41H,9-15,17H2,1-6H3/t20-,22-,24+,25+,27-,28-,29+,32+,33-,34-,35+/m0/s1. The Morgan fingerprint density at radius 2 is 1.80 bits per heavy atom. The molecule has 0 radical (unpaired) electrons. The summed E-state index contributed by atoms with van der Waals surface area (Å²) in [7, 11) is 0. The lowest BCUT2D eigenvalue weighted by Crippen LogP contribution is -2.70. The fraction of sp³-hybridized carbons (Fsp3) is 0.714. The predicted octanol–water partition coefficient (Wildman–Crippen LogP) is 3.43. The topological polar surface area (TPSA) is 141 Å². The number of fused-ring (bicyclic) bond motifs is 4. The van der Waals surface area contributed by atoms with Gasteiger partial charge >= 0.3 is 18.0 Å². The number of amides is 1. The molecule has 2 saturated carbocycles. The number of morpholine rings is 1. The van der Waals surface area contributed by atoms with Crippen molar-refractivity contribution in [2.75, 3.05) is 26.3 Å². The smallest absolute Gasteiger partial charge is 0.410 e. The molecule has 11 nitrogen and oxygen atoms in total. The molecule has 2 saturated heterocycles. The molecule has 3 heterocycles. The highest BCUT2D eigenvalue weighted by Gasteiger charge is 2.83. The van der Waals surface area contributed by atoms with Gasteiger partial charge in [0.25, 0.3) is 0 Å². The first-order valence-corrected chi connectivity index (χ1v) is 16.6. The SMILES string of the molecule is CC(=O)O[C@H]1C=C([C@H](C)[C@H]2CC(C)=C(C)C(=O)O2)[C@@]2(C)CC[C@H]3[C@@H](C[C@H]4O[C@]45[C@@H](OC(=O)N4CCOCC4)C=CC(=O)[C@]35C)[C@]12O. The number of hydrogen-bond acceptors (Lipinski definition) is 10. The number of rotatable bonds is 4. The van der Waals surface area contributed by atoms with Crippen LogP contribution in [0.5, 0.6) is 0 Å². The van der Waals surface area contributed by atoms with Gasteiger partial charge in [0.2, 0.25) is 0 Å². The molecule has 0 bridgehead atoms. The lowest BCUT2D eigenvalue weighted by molar-refractivity contribution is -0.224. The van der Waals surface area contributed by atoms with Crippen LogP contribution < -0.4 is 0 Å². The number of epoxide rings is 1. The zero-order valence-electron chi connectivity index (χ0n) is 27.5. The van der Waals surface area contributed by atoms with Crippen LogP contribution in [0.2, 0.25) is 0 Å². The first-order valence-electron chi connectivity index (χ1n) is 16.6. The molecule has 11 heteroatoms. The zero-order chi connectivity index (χ0) is 33.0. The first-order chi connectivity index (χ1) is 21.7. The summed E-state index contributed by atoms with van der Waals surface area (Å²) in [6.07, 6.45) is 4.06. The molecule has 4 fully saturated rings. The number of aliphatic hydroxyl groups is 1. The van der Waals surface area contributed by atoms with Crippen molar-refractivity contribution in [3.63, 3.8) is 0 Å². The Bertz CT molecular complexity index is 1480. The average molecular weight is 640 g/mol. The van der Waals surface area contributed by atoms with E-state index < -0.39 is 64.4 Å². The number of allylic oxidation sites excluding steroid dienone is 1. The summed E-state index contributed by atoms with van der Waals surface area (Å²) in [5, 5.41) is 13.1. The molecule has 11 atom stereocenters. The van der Waals surface area contributed by atoms with Crippen molar-refractivity contribution in [2.45, 2.75) is 103 Å². The summed E-state index contributed by atoms with van der Waals surface area (Å²) < 4.78 is 29.7. The number of esters is 2. The van der Waals surface area contributed by atoms with Crippen LogP contribution >= 0.6 is 0 Å². The van der Waals surface area contributed by atoms with E-state index in [0.717, 1.165) is 11.1 Å². The van der Waals surface area contributed by atoms with Gasteiger partial charge in [0.15, 0.2) is 11.9 Å². The maximum absolute atomic E-state index is 14.0. The third-order valence-electron chi connectivity index (χ3n) is 13.0. The first kappa shape index (κ1) is 31.6. The minimum absolute atomic E-state index is 0.120. The summed E-state index contributed by atoms with van der Waals surface area (Å²) in [4.78, 5) is 54.0. The van der Waals surface area contributed by atoms with Gasteiger partial charge in [0.05, 0.1) is 24.7 Å². The minimum Gasteiger partial charge on any atom is -0.458 e.